The van der Waals surface area contributed by atoms with Gasteiger partial charge in [0, 0.05) is 36.4 Å². The van der Waals surface area contributed by atoms with Gasteiger partial charge in [-0.05, 0) is 30.5 Å². The highest BCUT2D eigenvalue weighted by molar-refractivity contribution is 9.08. The van der Waals surface area contributed by atoms with Crippen LogP contribution >= 0.6 is 15.9 Å². The maximum absolute atomic E-state index is 12.4. The lowest BCUT2D eigenvalue weighted by molar-refractivity contribution is -0.121. The molecule has 2 rings (SSSR count). The third-order valence-electron chi connectivity index (χ3n) is 3.82. The zero-order valence-corrected chi connectivity index (χ0v) is 13.9. The van der Waals surface area contributed by atoms with Crippen molar-refractivity contribution < 1.29 is 9.59 Å². The second-order valence-corrected chi connectivity index (χ2v) is 5.88. The van der Waals surface area contributed by atoms with E-state index in [9.17, 15) is 9.59 Å². The molecule has 0 radical (unpaired) electrons. The fraction of sp³-hybridized carbons (Fsp3) is 0.500. The van der Waals surface area contributed by atoms with Gasteiger partial charge in [-0.3, -0.25) is 9.59 Å². The lowest BCUT2D eigenvalue weighted by atomic mass is 10.0. The molecular weight excluding hydrogens is 332 g/mol. The Balaban J connectivity index is 1.89. The molecule has 0 aliphatic carbocycles. The first-order valence-electron chi connectivity index (χ1n) is 7.37. The zero-order valence-electron chi connectivity index (χ0n) is 12.3. The zero-order chi connectivity index (χ0) is 15.2. The first kappa shape index (κ1) is 16.0. The Kier molecular flexibility index (Phi) is 5.79. The van der Waals surface area contributed by atoms with Crippen LogP contribution in [0, 0.1) is 0 Å². The van der Waals surface area contributed by atoms with Gasteiger partial charge in [-0.2, -0.15) is 0 Å². The Morgan fingerprint density at radius 2 is 1.86 bits per heavy atom. The Morgan fingerprint density at radius 3 is 2.38 bits per heavy atom. The van der Waals surface area contributed by atoms with Gasteiger partial charge in [-0.1, -0.05) is 35.0 Å². The van der Waals surface area contributed by atoms with Crippen molar-refractivity contribution in [3.63, 3.8) is 0 Å². The molecule has 0 unspecified atom stereocenters. The molecule has 1 aromatic carbocycles. The van der Waals surface area contributed by atoms with Crippen LogP contribution in [0.2, 0.25) is 0 Å². The van der Waals surface area contributed by atoms with Crippen molar-refractivity contribution in [3.8, 4) is 0 Å². The normalized spacial score (nSPS) is 15.8. The van der Waals surface area contributed by atoms with Crippen molar-refractivity contribution in [1.82, 2.24) is 10.2 Å². The summed E-state index contributed by atoms with van der Waals surface area (Å²) in [7, 11) is 0. The molecule has 2 amide bonds. The van der Waals surface area contributed by atoms with Crippen LogP contribution in [0.1, 0.15) is 42.1 Å². The molecule has 1 aliphatic heterocycles. The molecule has 1 aliphatic rings. The lowest BCUT2D eigenvalue weighted by Gasteiger charge is -2.32. The standard InChI is InChI=1S/C16H21BrN2O2/c1-2-15(20)18-14-7-9-19(10-8-14)16(21)13-5-3-12(11-17)4-6-13/h3-6,14H,2,7-11H2,1H3,(H,18,20). The van der Waals surface area contributed by atoms with E-state index in [1.807, 2.05) is 36.1 Å². The number of nitrogens with zero attached hydrogens (tertiary/aromatic N) is 1. The van der Waals surface area contributed by atoms with E-state index < -0.39 is 0 Å². The van der Waals surface area contributed by atoms with Crippen LogP contribution in [-0.2, 0) is 10.1 Å². The number of nitrogens with one attached hydrogen (secondary N) is 1. The minimum absolute atomic E-state index is 0.0800. The molecule has 0 bridgehead atoms. The summed E-state index contributed by atoms with van der Waals surface area (Å²) in [5, 5.41) is 3.80. The number of benzene rings is 1. The van der Waals surface area contributed by atoms with E-state index in [-0.39, 0.29) is 17.9 Å². The summed E-state index contributed by atoms with van der Waals surface area (Å²) in [6.07, 6.45) is 2.17. The number of hydrogen-bond acceptors (Lipinski definition) is 2. The van der Waals surface area contributed by atoms with Crippen molar-refractivity contribution in [2.24, 2.45) is 0 Å². The molecule has 1 saturated heterocycles. The van der Waals surface area contributed by atoms with Crippen LogP contribution in [0.5, 0.6) is 0 Å². The summed E-state index contributed by atoms with van der Waals surface area (Å²) in [6.45, 7) is 3.26. The largest absolute Gasteiger partial charge is 0.353 e. The van der Waals surface area contributed by atoms with E-state index in [0.717, 1.165) is 29.3 Å². The van der Waals surface area contributed by atoms with E-state index in [0.29, 0.717) is 19.5 Å². The van der Waals surface area contributed by atoms with Gasteiger partial charge in [0.2, 0.25) is 5.91 Å². The summed E-state index contributed by atoms with van der Waals surface area (Å²) in [6, 6.07) is 7.90. The summed E-state index contributed by atoms with van der Waals surface area (Å²) in [5.41, 5.74) is 1.89. The van der Waals surface area contributed by atoms with Gasteiger partial charge in [0.25, 0.3) is 5.91 Å². The molecule has 114 valence electrons. The first-order valence-corrected chi connectivity index (χ1v) is 8.49. The maximum Gasteiger partial charge on any atom is 0.253 e. The third kappa shape index (κ3) is 4.30. The SMILES string of the molecule is CCC(=O)NC1CCN(C(=O)c2ccc(CBr)cc2)CC1. The Labute approximate surface area is 134 Å². The molecule has 0 atom stereocenters. The third-order valence-corrected chi connectivity index (χ3v) is 4.47. The quantitative estimate of drug-likeness (QED) is 0.847. The molecule has 1 aromatic rings. The average Bonchev–Trinajstić information content (AvgIpc) is 2.55. The van der Waals surface area contributed by atoms with E-state index in [2.05, 4.69) is 21.2 Å². The second kappa shape index (κ2) is 7.59. The highest BCUT2D eigenvalue weighted by atomic mass is 79.9. The van der Waals surface area contributed by atoms with Crippen molar-refractivity contribution >= 4 is 27.7 Å². The Hall–Kier alpha value is -1.36. The summed E-state index contributed by atoms with van der Waals surface area (Å²) >= 11 is 3.40. The number of carbonyl (C=O) groups excluding carboxylic acids is 2. The molecular formula is C16H21BrN2O2. The Bertz CT molecular complexity index is 494. The van der Waals surface area contributed by atoms with Crippen LogP contribution in [0.15, 0.2) is 24.3 Å². The van der Waals surface area contributed by atoms with Crippen LogP contribution in [0.3, 0.4) is 0 Å². The number of alkyl halides is 1. The number of hydrogen-bond donors (Lipinski definition) is 1. The average molecular weight is 353 g/mol. The highest BCUT2D eigenvalue weighted by Gasteiger charge is 2.24. The van der Waals surface area contributed by atoms with Gasteiger partial charge < -0.3 is 10.2 Å². The van der Waals surface area contributed by atoms with Gasteiger partial charge >= 0.3 is 0 Å². The number of amides is 2. The molecule has 1 N–H and O–H groups in total. The van der Waals surface area contributed by atoms with E-state index in [1.165, 1.54) is 0 Å². The molecule has 21 heavy (non-hydrogen) atoms. The minimum atomic E-state index is 0.0800. The van der Waals surface area contributed by atoms with Gasteiger partial charge in [0.15, 0.2) is 0 Å². The molecule has 1 heterocycles. The smallest absolute Gasteiger partial charge is 0.253 e. The first-order chi connectivity index (χ1) is 10.1. The molecule has 0 saturated carbocycles. The van der Waals surface area contributed by atoms with Crippen LogP contribution in [0.4, 0.5) is 0 Å². The van der Waals surface area contributed by atoms with Crippen molar-refractivity contribution in [2.45, 2.75) is 37.6 Å². The van der Waals surface area contributed by atoms with Crippen LogP contribution in [-0.4, -0.2) is 35.8 Å². The second-order valence-electron chi connectivity index (χ2n) is 5.32. The van der Waals surface area contributed by atoms with Gasteiger partial charge in [0.05, 0.1) is 0 Å². The predicted molar refractivity (Wildman–Crippen MR) is 86.4 cm³/mol. The maximum atomic E-state index is 12.4. The van der Waals surface area contributed by atoms with Gasteiger partial charge in [0.1, 0.15) is 0 Å². The van der Waals surface area contributed by atoms with Gasteiger partial charge in [-0.15, -0.1) is 0 Å². The number of rotatable bonds is 4. The monoisotopic (exact) mass is 352 g/mol. The van der Waals surface area contributed by atoms with Crippen LogP contribution in [0.25, 0.3) is 0 Å². The van der Waals surface area contributed by atoms with Crippen molar-refractivity contribution in [2.75, 3.05) is 13.1 Å². The predicted octanol–water partition coefficient (Wildman–Crippen LogP) is 2.71. The van der Waals surface area contributed by atoms with Gasteiger partial charge in [-0.25, -0.2) is 0 Å². The number of piperidine rings is 1. The summed E-state index contributed by atoms with van der Waals surface area (Å²) < 4.78 is 0. The van der Waals surface area contributed by atoms with Crippen LogP contribution < -0.4 is 5.32 Å². The molecule has 5 heteroatoms. The fourth-order valence-electron chi connectivity index (χ4n) is 2.48. The Morgan fingerprint density at radius 1 is 1.24 bits per heavy atom. The summed E-state index contributed by atoms with van der Waals surface area (Å²) in [4.78, 5) is 25.7. The molecule has 0 spiro atoms. The van der Waals surface area contributed by atoms with E-state index in [4.69, 9.17) is 0 Å². The topological polar surface area (TPSA) is 49.4 Å². The lowest BCUT2D eigenvalue weighted by Crippen LogP contribution is -2.46. The number of likely N-dealkylation sites (tertiary alicyclic amines) is 1. The minimum Gasteiger partial charge on any atom is -0.353 e. The van der Waals surface area contributed by atoms with E-state index in [1.54, 1.807) is 0 Å². The van der Waals surface area contributed by atoms with Crippen molar-refractivity contribution in [1.29, 1.82) is 0 Å². The van der Waals surface area contributed by atoms with Crippen molar-refractivity contribution in [3.05, 3.63) is 35.4 Å². The number of carbonyl (C=O) groups is 2. The molecule has 1 fully saturated rings. The molecule has 0 aromatic heterocycles. The fourth-order valence-corrected chi connectivity index (χ4v) is 2.85. The number of halogens is 1. The highest BCUT2D eigenvalue weighted by Crippen LogP contribution is 2.15. The van der Waals surface area contributed by atoms with E-state index >= 15 is 0 Å². The summed E-state index contributed by atoms with van der Waals surface area (Å²) in [5.74, 6) is 0.168. The molecule has 4 nitrogen and oxygen atoms in total.